The third kappa shape index (κ3) is 4.35. The topological polar surface area (TPSA) is 29.5 Å². The van der Waals surface area contributed by atoms with Gasteiger partial charge in [-0.1, -0.05) is 32.0 Å². The van der Waals surface area contributed by atoms with E-state index in [2.05, 4.69) is 13.8 Å². The highest BCUT2D eigenvalue weighted by atomic mass is 16.5. The molecule has 0 N–H and O–H groups in total. The van der Waals surface area contributed by atoms with Crippen LogP contribution in [0.25, 0.3) is 0 Å². The fourth-order valence-corrected chi connectivity index (χ4v) is 2.33. The number of carbonyl (C=O) groups is 1. The van der Waals surface area contributed by atoms with E-state index in [1.54, 1.807) is 0 Å². The van der Waals surface area contributed by atoms with Crippen LogP contribution < -0.4 is 4.74 Å². The molecule has 0 aromatic heterocycles. The summed E-state index contributed by atoms with van der Waals surface area (Å²) in [5.41, 5.74) is 0.710. The SMILES string of the molecule is CCCN(CCC)C(=O)c1ccc(Oc2ccccc2)cc1. The van der Waals surface area contributed by atoms with Crippen molar-refractivity contribution in [1.29, 1.82) is 0 Å². The molecule has 0 unspecified atom stereocenters. The van der Waals surface area contributed by atoms with Gasteiger partial charge in [0.2, 0.25) is 0 Å². The summed E-state index contributed by atoms with van der Waals surface area (Å²) in [6.45, 7) is 5.78. The fraction of sp³-hybridized carbons (Fsp3) is 0.316. The van der Waals surface area contributed by atoms with E-state index < -0.39 is 0 Å². The summed E-state index contributed by atoms with van der Waals surface area (Å²) in [5.74, 6) is 1.62. The summed E-state index contributed by atoms with van der Waals surface area (Å²) < 4.78 is 5.74. The maximum atomic E-state index is 12.5. The molecule has 22 heavy (non-hydrogen) atoms. The molecule has 0 fully saturated rings. The van der Waals surface area contributed by atoms with Crippen molar-refractivity contribution in [3.63, 3.8) is 0 Å². The van der Waals surface area contributed by atoms with E-state index >= 15 is 0 Å². The molecule has 2 rings (SSSR count). The minimum atomic E-state index is 0.0926. The number of benzene rings is 2. The van der Waals surface area contributed by atoms with Crippen molar-refractivity contribution in [2.75, 3.05) is 13.1 Å². The van der Waals surface area contributed by atoms with Gasteiger partial charge in [-0.05, 0) is 49.2 Å². The minimum absolute atomic E-state index is 0.0926. The van der Waals surface area contributed by atoms with Crippen LogP contribution in [0.4, 0.5) is 0 Å². The van der Waals surface area contributed by atoms with E-state index in [1.165, 1.54) is 0 Å². The van der Waals surface area contributed by atoms with Crippen molar-refractivity contribution >= 4 is 5.91 Å². The number of ether oxygens (including phenoxy) is 1. The smallest absolute Gasteiger partial charge is 0.253 e. The molecule has 0 saturated carbocycles. The summed E-state index contributed by atoms with van der Waals surface area (Å²) in [6.07, 6.45) is 1.95. The third-order valence-corrected chi connectivity index (χ3v) is 3.35. The van der Waals surface area contributed by atoms with E-state index in [-0.39, 0.29) is 5.91 Å². The second-order valence-corrected chi connectivity index (χ2v) is 5.23. The highest BCUT2D eigenvalue weighted by Crippen LogP contribution is 2.21. The normalized spacial score (nSPS) is 10.3. The molecule has 3 nitrogen and oxygen atoms in total. The molecule has 0 radical (unpaired) electrons. The summed E-state index contributed by atoms with van der Waals surface area (Å²) >= 11 is 0. The number of para-hydroxylation sites is 1. The van der Waals surface area contributed by atoms with Crippen LogP contribution in [-0.4, -0.2) is 23.9 Å². The molecular weight excluding hydrogens is 274 g/mol. The van der Waals surface area contributed by atoms with Crippen LogP contribution in [0.5, 0.6) is 11.5 Å². The first kappa shape index (κ1) is 16.1. The zero-order valence-electron chi connectivity index (χ0n) is 13.3. The predicted octanol–water partition coefficient (Wildman–Crippen LogP) is 4.74. The third-order valence-electron chi connectivity index (χ3n) is 3.35. The van der Waals surface area contributed by atoms with E-state index in [4.69, 9.17) is 4.74 Å². The first-order valence-electron chi connectivity index (χ1n) is 7.86. The number of carbonyl (C=O) groups excluding carboxylic acids is 1. The van der Waals surface area contributed by atoms with E-state index in [9.17, 15) is 4.79 Å². The average molecular weight is 297 g/mol. The fourth-order valence-electron chi connectivity index (χ4n) is 2.33. The maximum Gasteiger partial charge on any atom is 0.253 e. The van der Waals surface area contributed by atoms with Gasteiger partial charge in [0, 0.05) is 18.7 Å². The molecule has 116 valence electrons. The zero-order chi connectivity index (χ0) is 15.8. The average Bonchev–Trinajstić information content (AvgIpc) is 2.56. The van der Waals surface area contributed by atoms with Gasteiger partial charge in [0.15, 0.2) is 0 Å². The van der Waals surface area contributed by atoms with Gasteiger partial charge in [-0.3, -0.25) is 4.79 Å². The van der Waals surface area contributed by atoms with E-state index in [0.29, 0.717) is 5.56 Å². The largest absolute Gasteiger partial charge is 0.457 e. The highest BCUT2D eigenvalue weighted by Gasteiger charge is 2.14. The van der Waals surface area contributed by atoms with Crippen LogP contribution >= 0.6 is 0 Å². The Balaban J connectivity index is 2.05. The Morgan fingerprint density at radius 3 is 1.95 bits per heavy atom. The molecule has 0 spiro atoms. The van der Waals surface area contributed by atoms with Gasteiger partial charge in [-0.15, -0.1) is 0 Å². The van der Waals surface area contributed by atoms with Crippen molar-refractivity contribution in [1.82, 2.24) is 4.90 Å². The number of hydrogen-bond acceptors (Lipinski definition) is 2. The molecule has 0 aliphatic carbocycles. The lowest BCUT2D eigenvalue weighted by molar-refractivity contribution is 0.0755. The van der Waals surface area contributed by atoms with Gasteiger partial charge in [-0.2, -0.15) is 0 Å². The predicted molar refractivity (Wildman–Crippen MR) is 89.4 cm³/mol. The van der Waals surface area contributed by atoms with Crippen LogP contribution in [0.15, 0.2) is 54.6 Å². The summed E-state index contributed by atoms with van der Waals surface area (Å²) in [4.78, 5) is 14.4. The van der Waals surface area contributed by atoms with Gasteiger partial charge < -0.3 is 9.64 Å². The Kier molecular flexibility index (Phi) is 6.01. The number of rotatable bonds is 7. The van der Waals surface area contributed by atoms with Gasteiger partial charge in [0.25, 0.3) is 5.91 Å². The molecule has 0 saturated heterocycles. The molecule has 1 amide bonds. The zero-order valence-corrected chi connectivity index (χ0v) is 13.3. The van der Waals surface area contributed by atoms with Crippen molar-refractivity contribution in [2.45, 2.75) is 26.7 Å². The van der Waals surface area contributed by atoms with Crippen LogP contribution in [-0.2, 0) is 0 Å². The first-order valence-corrected chi connectivity index (χ1v) is 7.86. The Morgan fingerprint density at radius 1 is 0.864 bits per heavy atom. The number of nitrogens with zero attached hydrogens (tertiary/aromatic N) is 1. The van der Waals surface area contributed by atoms with Crippen molar-refractivity contribution < 1.29 is 9.53 Å². The van der Waals surface area contributed by atoms with Gasteiger partial charge >= 0.3 is 0 Å². The Morgan fingerprint density at radius 2 is 1.41 bits per heavy atom. The van der Waals surface area contributed by atoms with E-state index in [1.807, 2.05) is 59.5 Å². The van der Waals surface area contributed by atoms with Gasteiger partial charge in [-0.25, -0.2) is 0 Å². The lowest BCUT2D eigenvalue weighted by atomic mass is 10.2. The first-order chi connectivity index (χ1) is 10.7. The molecule has 2 aromatic rings. The lowest BCUT2D eigenvalue weighted by Gasteiger charge is -2.21. The van der Waals surface area contributed by atoms with Crippen molar-refractivity contribution in [2.24, 2.45) is 0 Å². The van der Waals surface area contributed by atoms with Gasteiger partial charge in [0.05, 0.1) is 0 Å². The van der Waals surface area contributed by atoms with Gasteiger partial charge in [0.1, 0.15) is 11.5 Å². The second-order valence-electron chi connectivity index (χ2n) is 5.23. The monoisotopic (exact) mass is 297 g/mol. The molecule has 0 heterocycles. The van der Waals surface area contributed by atoms with Crippen LogP contribution in [0.3, 0.4) is 0 Å². The molecule has 0 atom stereocenters. The standard InChI is InChI=1S/C19H23NO2/c1-3-14-20(15-4-2)19(21)16-10-12-18(13-11-16)22-17-8-6-5-7-9-17/h5-13H,3-4,14-15H2,1-2H3. The summed E-state index contributed by atoms with van der Waals surface area (Å²) in [5, 5.41) is 0. The van der Waals surface area contributed by atoms with Crippen LogP contribution in [0, 0.1) is 0 Å². The molecule has 0 aliphatic rings. The van der Waals surface area contributed by atoms with Crippen LogP contribution in [0.2, 0.25) is 0 Å². The quantitative estimate of drug-likeness (QED) is 0.738. The summed E-state index contributed by atoms with van der Waals surface area (Å²) in [7, 11) is 0. The lowest BCUT2D eigenvalue weighted by Crippen LogP contribution is -2.32. The summed E-state index contributed by atoms with van der Waals surface area (Å²) in [6, 6.07) is 17.0. The minimum Gasteiger partial charge on any atom is -0.457 e. The number of amides is 1. The second kappa shape index (κ2) is 8.23. The Bertz CT molecular complexity index is 572. The van der Waals surface area contributed by atoms with Crippen LogP contribution in [0.1, 0.15) is 37.0 Å². The number of hydrogen-bond donors (Lipinski definition) is 0. The molecule has 3 heteroatoms. The molecular formula is C19H23NO2. The molecule has 0 bridgehead atoms. The highest BCUT2D eigenvalue weighted by molar-refractivity contribution is 5.94. The van der Waals surface area contributed by atoms with Crippen molar-refractivity contribution in [3.8, 4) is 11.5 Å². The van der Waals surface area contributed by atoms with E-state index in [0.717, 1.165) is 37.4 Å². The van der Waals surface area contributed by atoms with Crippen molar-refractivity contribution in [3.05, 3.63) is 60.2 Å². The maximum absolute atomic E-state index is 12.5. The Labute approximate surface area is 132 Å². The molecule has 2 aromatic carbocycles. The molecule has 0 aliphatic heterocycles. The Hall–Kier alpha value is -2.29.